The standard InChI is InChI=1S/C28H25ClN2O4.C2H6O/c1-17-11-18(2)28-23(12-17)27(22-7-5-6-8-24(22)29)25(16-30-28)31(33)26(32)10-9-19-13-20(34-3)15-21(14-19)35-4;1-2-3/h5-16,33H,1-4H3;3H,2H2,1H3. The minimum atomic E-state index is -0.648. The Balaban J connectivity index is 0.00000127. The number of halogens is 1. The van der Waals surface area contributed by atoms with E-state index in [0.29, 0.717) is 38.3 Å². The zero-order valence-electron chi connectivity index (χ0n) is 22.0. The number of carbonyl (C=O) groups excluding carboxylic acids is 1. The molecule has 0 atom stereocenters. The van der Waals surface area contributed by atoms with Gasteiger partial charge < -0.3 is 14.6 Å². The Morgan fingerprint density at radius 1 is 1.05 bits per heavy atom. The number of hydrogen-bond acceptors (Lipinski definition) is 6. The number of hydrogen-bond donors (Lipinski definition) is 2. The van der Waals surface area contributed by atoms with Crippen molar-refractivity contribution in [3.8, 4) is 22.6 Å². The topological polar surface area (TPSA) is 92.1 Å². The minimum Gasteiger partial charge on any atom is -0.497 e. The molecular formula is C30H31ClN2O5. The quantitative estimate of drug-likeness (QED) is 0.164. The van der Waals surface area contributed by atoms with Crippen molar-refractivity contribution >= 4 is 40.2 Å². The van der Waals surface area contributed by atoms with E-state index in [9.17, 15) is 10.0 Å². The number of nitrogens with zero attached hydrogens (tertiary/aromatic N) is 2. The molecule has 0 spiro atoms. The van der Waals surface area contributed by atoms with Gasteiger partial charge in [-0.15, -0.1) is 0 Å². The van der Waals surface area contributed by atoms with Crippen LogP contribution in [0.4, 0.5) is 5.69 Å². The lowest BCUT2D eigenvalue weighted by molar-refractivity contribution is -0.118. The molecule has 0 bridgehead atoms. The number of aliphatic hydroxyl groups excluding tert-OH is 1. The van der Waals surface area contributed by atoms with Gasteiger partial charge in [0.1, 0.15) is 11.5 Å². The van der Waals surface area contributed by atoms with E-state index in [2.05, 4.69) is 4.98 Å². The maximum atomic E-state index is 13.0. The summed E-state index contributed by atoms with van der Waals surface area (Å²) in [5.74, 6) is 0.524. The maximum Gasteiger partial charge on any atom is 0.274 e. The highest BCUT2D eigenvalue weighted by atomic mass is 35.5. The first-order valence-corrected chi connectivity index (χ1v) is 12.3. The monoisotopic (exact) mass is 534 g/mol. The summed E-state index contributed by atoms with van der Waals surface area (Å²) in [6.45, 7) is 5.90. The lowest BCUT2D eigenvalue weighted by Crippen LogP contribution is -2.25. The number of ether oxygens (including phenoxy) is 2. The largest absolute Gasteiger partial charge is 0.497 e. The SMILES string of the molecule is CCO.COc1cc(C=CC(=O)N(O)c2cnc3c(C)cc(C)cc3c2-c2ccccc2Cl)cc(OC)c1. The number of fused-ring (bicyclic) bond motifs is 1. The molecule has 7 nitrogen and oxygen atoms in total. The molecule has 1 amide bonds. The van der Waals surface area contributed by atoms with E-state index in [4.69, 9.17) is 26.2 Å². The highest BCUT2D eigenvalue weighted by Gasteiger charge is 2.21. The molecule has 0 saturated carbocycles. The number of amides is 1. The minimum absolute atomic E-state index is 0.230. The van der Waals surface area contributed by atoms with E-state index < -0.39 is 5.91 Å². The number of aliphatic hydroxyl groups is 1. The Morgan fingerprint density at radius 3 is 2.29 bits per heavy atom. The summed E-state index contributed by atoms with van der Waals surface area (Å²) in [7, 11) is 3.10. The van der Waals surface area contributed by atoms with Gasteiger partial charge in [0, 0.05) is 40.3 Å². The summed E-state index contributed by atoms with van der Waals surface area (Å²) < 4.78 is 10.6. The van der Waals surface area contributed by atoms with E-state index >= 15 is 0 Å². The van der Waals surface area contributed by atoms with Crippen molar-refractivity contribution in [2.75, 3.05) is 25.9 Å². The molecule has 8 heteroatoms. The van der Waals surface area contributed by atoms with Crippen LogP contribution in [0.2, 0.25) is 5.02 Å². The summed E-state index contributed by atoms with van der Waals surface area (Å²) in [6, 6.07) is 16.6. The predicted molar refractivity (Wildman–Crippen MR) is 152 cm³/mol. The first kappa shape index (κ1) is 28.7. The molecule has 0 aliphatic carbocycles. The van der Waals surface area contributed by atoms with Gasteiger partial charge in [0.05, 0.1) is 31.6 Å². The number of aromatic nitrogens is 1. The van der Waals surface area contributed by atoms with Gasteiger partial charge in [0.25, 0.3) is 5.91 Å². The van der Waals surface area contributed by atoms with Crippen molar-refractivity contribution in [1.82, 2.24) is 4.98 Å². The molecule has 1 aromatic heterocycles. The second kappa shape index (κ2) is 13.1. The molecule has 0 aliphatic heterocycles. The Bertz CT molecular complexity index is 1450. The zero-order chi connectivity index (χ0) is 27.8. The molecule has 198 valence electrons. The number of aryl methyl sites for hydroxylation is 2. The van der Waals surface area contributed by atoms with Crippen molar-refractivity contribution in [3.63, 3.8) is 0 Å². The fourth-order valence-electron chi connectivity index (χ4n) is 4.04. The average Bonchev–Trinajstić information content (AvgIpc) is 2.91. The molecule has 2 N–H and O–H groups in total. The Kier molecular flexibility index (Phi) is 9.85. The van der Waals surface area contributed by atoms with Gasteiger partial charge in [-0.2, -0.15) is 5.06 Å². The molecule has 1 heterocycles. The summed E-state index contributed by atoms with van der Waals surface area (Å²) in [5, 5.41) is 20.5. The second-order valence-electron chi connectivity index (χ2n) is 8.42. The van der Waals surface area contributed by atoms with Crippen LogP contribution < -0.4 is 14.5 Å². The Labute approximate surface area is 227 Å². The Morgan fingerprint density at radius 2 is 1.68 bits per heavy atom. The van der Waals surface area contributed by atoms with Crippen LogP contribution in [0.1, 0.15) is 23.6 Å². The van der Waals surface area contributed by atoms with Gasteiger partial charge >= 0.3 is 0 Å². The number of rotatable bonds is 6. The van der Waals surface area contributed by atoms with Crippen molar-refractivity contribution in [2.45, 2.75) is 20.8 Å². The number of benzene rings is 3. The fraction of sp³-hybridized carbons (Fsp3) is 0.200. The number of hydroxylamine groups is 1. The average molecular weight is 535 g/mol. The fourth-order valence-corrected chi connectivity index (χ4v) is 4.27. The molecule has 0 fully saturated rings. The van der Waals surface area contributed by atoms with Crippen LogP contribution in [-0.2, 0) is 4.79 Å². The van der Waals surface area contributed by atoms with Crippen LogP contribution in [0.3, 0.4) is 0 Å². The van der Waals surface area contributed by atoms with Crippen LogP contribution in [-0.4, -0.2) is 42.0 Å². The second-order valence-corrected chi connectivity index (χ2v) is 8.83. The summed E-state index contributed by atoms with van der Waals surface area (Å²) in [5.41, 5.74) is 5.02. The van der Waals surface area contributed by atoms with Gasteiger partial charge in [-0.05, 0) is 62.2 Å². The molecule has 0 unspecified atom stereocenters. The van der Waals surface area contributed by atoms with Crippen LogP contribution >= 0.6 is 11.6 Å². The van der Waals surface area contributed by atoms with Gasteiger partial charge in [-0.3, -0.25) is 15.0 Å². The normalized spacial score (nSPS) is 10.7. The van der Waals surface area contributed by atoms with E-state index in [1.807, 2.05) is 44.2 Å². The van der Waals surface area contributed by atoms with E-state index in [1.165, 1.54) is 12.3 Å². The van der Waals surface area contributed by atoms with Crippen LogP contribution in [0.5, 0.6) is 11.5 Å². The third-order valence-electron chi connectivity index (χ3n) is 5.66. The summed E-state index contributed by atoms with van der Waals surface area (Å²) in [4.78, 5) is 17.6. The molecular weight excluding hydrogens is 504 g/mol. The van der Waals surface area contributed by atoms with Gasteiger partial charge in [0.15, 0.2) is 0 Å². The summed E-state index contributed by atoms with van der Waals surface area (Å²) >= 11 is 6.55. The molecule has 0 aliphatic rings. The number of pyridine rings is 1. The van der Waals surface area contributed by atoms with Gasteiger partial charge in [-0.25, -0.2) is 0 Å². The third-order valence-corrected chi connectivity index (χ3v) is 5.99. The van der Waals surface area contributed by atoms with Crippen LogP contribution in [0.15, 0.2) is 66.9 Å². The third kappa shape index (κ3) is 6.50. The summed E-state index contributed by atoms with van der Waals surface area (Å²) in [6.07, 6.45) is 4.34. The zero-order valence-corrected chi connectivity index (χ0v) is 22.8. The number of carbonyl (C=O) groups is 1. The van der Waals surface area contributed by atoms with Crippen LogP contribution in [0.25, 0.3) is 28.1 Å². The van der Waals surface area contributed by atoms with Crippen molar-refractivity contribution in [3.05, 3.63) is 88.6 Å². The predicted octanol–water partition coefficient (Wildman–Crippen LogP) is 6.62. The van der Waals surface area contributed by atoms with E-state index in [1.54, 1.807) is 51.5 Å². The van der Waals surface area contributed by atoms with Crippen LogP contribution in [0, 0.1) is 13.8 Å². The molecule has 0 saturated heterocycles. The van der Waals surface area contributed by atoms with Crippen molar-refractivity contribution in [2.24, 2.45) is 0 Å². The highest BCUT2D eigenvalue weighted by molar-refractivity contribution is 6.34. The lowest BCUT2D eigenvalue weighted by Gasteiger charge is -2.20. The first-order valence-electron chi connectivity index (χ1n) is 11.9. The van der Waals surface area contributed by atoms with Gasteiger partial charge in [-0.1, -0.05) is 41.4 Å². The number of methoxy groups -OCH3 is 2. The molecule has 4 rings (SSSR count). The molecule has 4 aromatic rings. The highest BCUT2D eigenvalue weighted by Crippen LogP contribution is 2.40. The smallest absolute Gasteiger partial charge is 0.274 e. The first-order chi connectivity index (χ1) is 18.2. The van der Waals surface area contributed by atoms with E-state index in [0.717, 1.165) is 22.0 Å². The Hall–Kier alpha value is -3.91. The molecule has 0 radical (unpaired) electrons. The number of anilines is 1. The van der Waals surface area contributed by atoms with Crippen molar-refractivity contribution in [1.29, 1.82) is 0 Å². The molecule has 38 heavy (non-hydrogen) atoms. The lowest BCUT2D eigenvalue weighted by atomic mass is 9.96. The van der Waals surface area contributed by atoms with Crippen molar-refractivity contribution < 1.29 is 24.6 Å². The van der Waals surface area contributed by atoms with E-state index in [-0.39, 0.29) is 12.3 Å². The van der Waals surface area contributed by atoms with Gasteiger partial charge in [0.2, 0.25) is 0 Å². The molecule has 3 aromatic carbocycles. The maximum absolute atomic E-state index is 13.0.